The van der Waals surface area contributed by atoms with Crippen LogP contribution >= 0.6 is 0 Å². The molecule has 0 fully saturated rings. The van der Waals surface area contributed by atoms with Gasteiger partial charge in [0.15, 0.2) is 17.3 Å². The molecular formula is C9H6F5NO3. The number of nitrogens with zero attached hydrogens (tertiary/aromatic N) is 1. The number of methoxy groups -OCH3 is 1. The second kappa shape index (κ2) is 5.15. The third kappa shape index (κ3) is 3.05. The van der Waals surface area contributed by atoms with Crippen LogP contribution in [0.4, 0.5) is 22.0 Å². The molecule has 4 nitrogen and oxygen atoms in total. The van der Waals surface area contributed by atoms with E-state index in [-0.39, 0.29) is 0 Å². The number of halogens is 5. The number of hydrogen-bond acceptors (Lipinski definition) is 4. The number of hydrogen-bond donors (Lipinski definition) is 0. The zero-order chi connectivity index (χ0) is 13.9. The Hall–Kier alpha value is -1.93. The van der Waals surface area contributed by atoms with Gasteiger partial charge in [-0.3, -0.25) is 0 Å². The first-order chi connectivity index (χ1) is 8.30. The highest BCUT2D eigenvalue weighted by Gasteiger charge is 2.36. The second-order valence-electron chi connectivity index (χ2n) is 2.94. The molecule has 1 aromatic heterocycles. The number of aromatic nitrogens is 1. The molecule has 0 unspecified atom stereocenters. The summed E-state index contributed by atoms with van der Waals surface area (Å²) >= 11 is 0. The first kappa shape index (κ1) is 14.1. The van der Waals surface area contributed by atoms with Gasteiger partial charge in [0.2, 0.25) is 0 Å². The standard InChI is InChI=1S/C9H6F5NO3/c1-17-8(16)6-7(18-9(12,13)14)4(2-10)5(11)3-15-6/h3H,2H2,1H3. The lowest BCUT2D eigenvalue weighted by Crippen LogP contribution is -2.21. The van der Waals surface area contributed by atoms with Crippen LogP contribution in [0.1, 0.15) is 16.1 Å². The molecule has 0 N–H and O–H groups in total. The average Bonchev–Trinajstić information content (AvgIpc) is 2.26. The summed E-state index contributed by atoms with van der Waals surface area (Å²) in [6.45, 7) is -1.59. The summed E-state index contributed by atoms with van der Waals surface area (Å²) in [5.41, 5.74) is -2.01. The quantitative estimate of drug-likeness (QED) is 0.625. The Balaban J connectivity index is 3.39. The fourth-order valence-corrected chi connectivity index (χ4v) is 1.10. The maximum absolute atomic E-state index is 13.1. The molecule has 0 aliphatic rings. The van der Waals surface area contributed by atoms with Crippen molar-refractivity contribution in [2.45, 2.75) is 13.0 Å². The highest BCUT2D eigenvalue weighted by atomic mass is 19.4. The van der Waals surface area contributed by atoms with E-state index in [9.17, 15) is 26.7 Å². The van der Waals surface area contributed by atoms with E-state index in [4.69, 9.17) is 0 Å². The molecule has 9 heteroatoms. The highest BCUT2D eigenvalue weighted by molar-refractivity contribution is 5.90. The molecule has 100 valence electrons. The molecule has 0 atom stereocenters. The van der Waals surface area contributed by atoms with Gasteiger partial charge in [-0.25, -0.2) is 18.6 Å². The lowest BCUT2D eigenvalue weighted by atomic mass is 10.2. The van der Waals surface area contributed by atoms with Crippen molar-refractivity contribution in [1.82, 2.24) is 4.98 Å². The smallest absolute Gasteiger partial charge is 0.464 e. The lowest BCUT2D eigenvalue weighted by Gasteiger charge is -2.14. The molecular weight excluding hydrogens is 265 g/mol. The number of ether oxygens (including phenoxy) is 2. The Morgan fingerprint density at radius 2 is 2.06 bits per heavy atom. The number of rotatable bonds is 3. The van der Waals surface area contributed by atoms with E-state index in [1.165, 1.54) is 0 Å². The van der Waals surface area contributed by atoms with Gasteiger partial charge in [0, 0.05) is 0 Å². The van der Waals surface area contributed by atoms with E-state index < -0.39 is 41.8 Å². The van der Waals surface area contributed by atoms with Crippen LogP contribution in [-0.4, -0.2) is 24.4 Å². The summed E-state index contributed by atoms with van der Waals surface area (Å²) in [4.78, 5) is 14.2. The third-order valence-electron chi connectivity index (χ3n) is 1.81. The molecule has 0 bridgehead atoms. The number of carbonyl (C=O) groups is 1. The van der Waals surface area contributed by atoms with Crippen molar-refractivity contribution < 1.29 is 36.2 Å². The molecule has 18 heavy (non-hydrogen) atoms. The zero-order valence-electron chi connectivity index (χ0n) is 8.85. The van der Waals surface area contributed by atoms with Crippen LogP contribution in [0.3, 0.4) is 0 Å². The maximum Gasteiger partial charge on any atom is 0.573 e. The second-order valence-corrected chi connectivity index (χ2v) is 2.94. The minimum absolute atomic E-state index is 0.407. The largest absolute Gasteiger partial charge is 0.573 e. The molecule has 1 aromatic rings. The molecule has 0 aliphatic carbocycles. The Morgan fingerprint density at radius 3 is 2.50 bits per heavy atom. The summed E-state index contributed by atoms with van der Waals surface area (Å²) in [6.07, 6.45) is -4.81. The lowest BCUT2D eigenvalue weighted by molar-refractivity contribution is -0.275. The molecule has 1 heterocycles. The number of esters is 1. The van der Waals surface area contributed by atoms with Gasteiger partial charge in [0.1, 0.15) is 6.67 Å². The average molecular weight is 271 g/mol. The van der Waals surface area contributed by atoms with Crippen molar-refractivity contribution >= 4 is 5.97 Å². The van der Waals surface area contributed by atoms with Crippen molar-refractivity contribution in [3.63, 3.8) is 0 Å². The predicted octanol–water partition coefficient (Wildman–Crippen LogP) is 2.38. The van der Waals surface area contributed by atoms with Gasteiger partial charge in [0.05, 0.1) is 18.9 Å². The number of carbonyl (C=O) groups excluding carboxylic acids is 1. The van der Waals surface area contributed by atoms with Crippen molar-refractivity contribution in [3.8, 4) is 5.75 Å². The summed E-state index contributed by atoms with van der Waals surface area (Å²) in [5, 5.41) is 0. The van der Waals surface area contributed by atoms with Crippen LogP contribution < -0.4 is 4.74 Å². The van der Waals surface area contributed by atoms with E-state index >= 15 is 0 Å². The SMILES string of the molecule is COC(=O)c1ncc(F)c(CF)c1OC(F)(F)F. The van der Waals surface area contributed by atoms with Crippen LogP contribution in [0.25, 0.3) is 0 Å². The minimum atomic E-state index is -5.22. The van der Waals surface area contributed by atoms with Crippen LogP contribution in [0, 0.1) is 5.82 Å². The van der Waals surface area contributed by atoms with E-state index in [0.717, 1.165) is 7.11 Å². The Labute approximate surface area is 97.3 Å². The van der Waals surface area contributed by atoms with E-state index in [1.54, 1.807) is 0 Å². The van der Waals surface area contributed by atoms with Gasteiger partial charge in [-0.15, -0.1) is 13.2 Å². The molecule has 1 rings (SSSR count). The molecule has 0 amide bonds. The first-order valence-electron chi connectivity index (χ1n) is 4.37. The Bertz CT molecular complexity index is 460. The third-order valence-corrected chi connectivity index (χ3v) is 1.81. The van der Waals surface area contributed by atoms with Gasteiger partial charge in [0.25, 0.3) is 0 Å². The molecule has 0 aromatic carbocycles. The van der Waals surface area contributed by atoms with Crippen LogP contribution in [0.2, 0.25) is 0 Å². The van der Waals surface area contributed by atoms with Gasteiger partial charge >= 0.3 is 12.3 Å². The summed E-state index contributed by atoms with van der Waals surface area (Å²) in [7, 11) is 0.875. The Morgan fingerprint density at radius 1 is 1.44 bits per heavy atom. The van der Waals surface area contributed by atoms with Crippen molar-refractivity contribution in [2.24, 2.45) is 0 Å². The summed E-state index contributed by atoms with van der Waals surface area (Å²) < 4.78 is 69.4. The summed E-state index contributed by atoms with van der Waals surface area (Å²) in [5.74, 6) is -4.00. The van der Waals surface area contributed by atoms with Gasteiger partial charge in [-0.2, -0.15) is 0 Å². The number of alkyl halides is 4. The first-order valence-corrected chi connectivity index (χ1v) is 4.37. The topological polar surface area (TPSA) is 48.4 Å². The van der Waals surface area contributed by atoms with Crippen molar-refractivity contribution in [1.29, 1.82) is 0 Å². The van der Waals surface area contributed by atoms with Crippen LogP contribution in [0.15, 0.2) is 6.20 Å². The highest BCUT2D eigenvalue weighted by Crippen LogP contribution is 2.31. The maximum atomic E-state index is 13.1. The molecule has 0 aliphatic heterocycles. The minimum Gasteiger partial charge on any atom is -0.464 e. The fourth-order valence-electron chi connectivity index (χ4n) is 1.10. The molecule has 0 spiro atoms. The van der Waals surface area contributed by atoms with E-state index in [1.807, 2.05) is 0 Å². The van der Waals surface area contributed by atoms with Crippen molar-refractivity contribution in [2.75, 3.05) is 7.11 Å². The zero-order valence-corrected chi connectivity index (χ0v) is 8.85. The Kier molecular flexibility index (Phi) is 4.04. The normalized spacial score (nSPS) is 11.2. The summed E-state index contributed by atoms with van der Waals surface area (Å²) in [6, 6.07) is 0. The van der Waals surface area contributed by atoms with Gasteiger partial charge in [-0.05, 0) is 0 Å². The monoisotopic (exact) mass is 271 g/mol. The molecule has 0 saturated heterocycles. The van der Waals surface area contributed by atoms with E-state index in [0.29, 0.717) is 6.20 Å². The van der Waals surface area contributed by atoms with E-state index in [2.05, 4.69) is 14.5 Å². The van der Waals surface area contributed by atoms with Crippen molar-refractivity contribution in [3.05, 3.63) is 23.3 Å². The predicted molar refractivity (Wildman–Crippen MR) is 47.0 cm³/mol. The van der Waals surface area contributed by atoms with Gasteiger partial charge in [-0.1, -0.05) is 0 Å². The fraction of sp³-hybridized carbons (Fsp3) is 0.333. The van der Waals surface area contributed by atoms with Gasteiger partial charge < -0.3 is 9.47 Å². The van der Waals surface area contributed by atoms with Crippen LogP contribution in [-0.2, 0) is 11.4 Å². The van der Waals surface area contributed by atoms with Crippen LogP contribution in [0.5, 0.6) is 5.75 Å². The molecule has 0 radical (unpaired) electrons. The molecule has 0 saturated carbocycles. The number of pyridine rings is 1.